The van der Waals surface area contributed by atoms with Gasteiger partial charge in [-0.05, 0) is 61.0 Å². The first kappa shape index (κ1) is 21.3. The van der Waals surface area contributed by atoms with Crippen LogP contribution >= 0.6 is 0 Å². The highest BCUT2D eigenvalue weighted by Gasteiger charge is 2.14. The molecule has 34 heavy (non-hydrogen) atoms. The van der Waals surface area contributed by atoms with Gasteiger partial charge in [-0.15, -0.1) is 0 Å². The van der Waals surface area contributed by atoms with E-state index in [9.17, 15) is 4.79 Å². The molecular formula is C27H23N5O2. The Hall–Kier alpha value is -4.52. The highest BCUT2D eigenvalue weighted by Crippen LogP contribution is 2.25. The van der Waals surface area contributed by atoms with Gasteiger partial charge in [0.2, 0.25) is 5.91 Å². The number of hydrogen-bond acceptors (Lipinski definition) is 5. The summed E-state index contributed by atoms with van der Waals surface area (Å²) in [5.41, 5.74) is 4.59. The number of anilines is 1. The van der Waals surface area contributed by atoms with E-state index in [1.54, 1.807) is 24.5 Å². The van der Waals surface area contributed by atoms with Crippen LogP contribution in [0.2, 0.25) is 0 Å². The van der Waals surface area contributed by atoms with Gasteiger partial charge in [0.25, 0.3) is 0 Å². The summed E-state index contributed by atoms with van der Waals surface area (Å²) < 4.78 is 7.78. The molecule has 3 aromatic carbocycles. The van der Waals surface area contributed by atoms with Crippen LogP contribution in [0, 0.1) is 6.92 Å². The van der Waals surface area contributed by atoms with E-state index in [2.05, 4.69) is 19.9 Å². The SMILES string of the molecule is Cc1cc(Oc2ncccn2)ccc1NC(=O)CCc1nc2ccccc2n1-c1ccccc1. The first-order chi connectivity index (χ1) is 16.7. The van der Waals surface area contributed by atoms with E-state index in [1.807, 2.05) is 73.7 Å². The third-order valence-corrected chi connectivity index (χ3v) is 5.44. The minimum Gasteiger partial charge on any atom is -0.424 e. The molecule has 7 nitrogen and oxygen atoms in total. The lowest BCUT2D eigenvalue weighted by molar-refractivity contribution is -0.116. The van der Waals surface area contributed by atoms with E-state index in [0.717, 1.165) is 33.8 Å². The average Bonchev–Trinajstić information content (AvgIpc) is 3.24. The Morgan fingerprint density at radius 2 is 1.71 bits per heavy atom. The van der Waals surface area contributed by atoms with Gasteiger partial charge in [0.15, 0.2) is 0 Å². The van der Waals surface area contributed by atoms with Crippen molar-refractivity contribution in [2.75, 3.05) is 5.32 Å². The molecule has 0 saturated heterocycles. The van der Waals surface area contributed by atoms with Gasteiger partial charge in [-0.25, -0.2) is 15.0 Å². The van der Waals surface area contributed by atoms with Crippen molar-refractivity contribution < 1.29 is 9.53 Å². The molecule has 5 rings (SSSR count). The highest BCUT2D eigenvalue weighted by atomic mass is 16.5. The molecule has 7 heteroatoms. The number of ether oxygens (including phenoxy) is 1. The summed E-state index contributed by atoms with van der Waals surface area (Å²) in [5.74, 6) is 1.39. The molecule has 0 saturated carbocycles. The Morgan fingerprint density at radius 1 is 0.941 bits per heavy atom. The third kappa shape index (κ3) is 4.63. The summed E-state index contributed by atoms with van der Waals surface area (Å²) in [6, 6.07) is 25.6. The summed E-state index contributed by atoms with van der Waals surface area (Å²) in [6.07, 6.45) is 4.07. The van der Waals surface area contributed by atoms with Gasteiger partial charge in [0.05, 0.1) is 11.0 Å². The summed E-state index contributed by atoms with van der Waals surface area (Å²) in [7, 11) is 0. The normalized spacial score (nSPS) is 10.9. The second-order valence-electron chi connectivity index (χ2n) is 7.85. The number of carbonyl (C=O) groups excluding carboxylic acids is 1. The fraction of sp³-hybridized carbons (Fsp3) is 0.111. The van der Waals surface area contributed by atoms with Crippen LogP contribution in [0.15, 0.2) is 91.3 Å². The zero-order valence-electron chi connectivity index (χ0n) is 18.7. The lowest BCUT2D eigenvalue weighted by atomic mass is 10.2. The number of imidazole rings is 1. The Morgan fingerprint density at radius 3 is 2.50 bits per heavy atom. The van der Waals surface area contributed by atoms with E-state index in [1.165, 1.54) is 0 Å². The number of aryl methyl sites for hydroxylation is 2. The summed E-state index contributed by atoms with van der Waals surface area (Å²) in [4.78, 5) is 25.7. The van der Waals surface area contributed by atoms with Crippen molar-refractivity contribution in [3.63, 3.8) is 0 Å². The van der Waals surface area contributed by atoms with Gasteiger partial charge in [-0.1, -0.05) is 30.3 Å². The van der Waals surface area contributed by atoms with Crippen molar-refractivity contribution in [3.8, 4) is 17.4 Å². The molecule has 0 aliphatic rings. The second-order valence-corrected chi connectivity index (χ2v) is 7.85. The second kappa shape index (κ2) is 9.54. The smallest absolute Gasteiger partial charge is 0.321 e. The van der Waals surface area contributed by atoms with Crippen LogP contribution in [0.3, 0.4) is 0 Å². The van der Waals surface area contributed by atoms with Crippen molar-refractivity contribution in [1.29, 1.82) is 0 Å². The fourth-order valence-electron chi connectivity index (χ4n) is 3.83. The molecule has 1 N–H and O–H groups in total. The lowest BCUT2D eigenvalue weighted by Crippen LogP contribution is -2.14. The standard InChI is InChI=1S/C27H23N5O2/c1-19-18-21(34-27-28-16-7-17-29-27)12-13-22(19)31-26(33)15-14-25-30-23-10-5-6-11-24(23)32(25)20-8-3-2-4-9-20/h2-13,16-18H,14-15H2,1H3,(H,31,33). The van der Waals surface area contributed by atoms with Crippen molar-refractivity contribution in [2.24, 2.45) is 0 Å². The topological polar surface area (TPSA) is 81.9 Å². The monoisotopic (exact) mass is 449 g/mol. The van der Waals surface area contributed by atoms with Crippen LogP contribution in [0.25, 0.3) is 16.7 Å². The van der Waals surface area contributed by atoms with Crippen LogP contribution in [0.4, 0.5) is 5.69 Å². The number of carbonyl (C=O) groups is 1. The van der Waals surface area contributed by atoms with Crippen LogP contribution in [-0.2, 0) is 11.2 Å². The predicted molar refractivity (Wildman–Crippen MR) is 131 cm³/mol. The van der Waals surface area contributed by atoms with Crippen molar-refractivity contribution in [1.82, 2.24) is 19.5 Å². The van der Waals surface area contributed by atoms with Gasteiger partial charge in [0.1, 0.15) is 11.6 Å². The number of fused-ring (bicyclic) bond motifs is 1. The quantitative estimate of drug-likeness (QED) is 0.355. The number of hydrogen-bond donors (Lipinski definition) is 1. The number of benzene rings is 3. The molecule has 0 radical (unpaired) electrons. The number of rotatable bonds is 7. The maximum Gasteiger partial charge on any atom is 0.321 e. The van der Waals surface area contributed by atoms with Gasteiger partial charge < -0.3 is 10.1 Å². The lowest BCUT2D eigenvalue weighted by Gasteiger charge is -2.11. The summed E-state index contributed by atoms with van der Waals surface area (Å²) >= 11 is 0. The molecule has 0 bridgehead atoms. The van der Waals surface area contributed by atoms with Crippen LogP contribution in [0.1, 0.15) is 17.8 Å². The van der Waals surface area contributed by atoms with Gasteiger partial charge in [0, 0.05) is 36.6 Å². The number of amides is 1. The molecule has 2 heterocycles. The molecule has 1 amide bonds. The summed E-state index contributed by atoms with van der Waals surface area (Å²) in [5, 5.41) is 3.00. The van der Waals surface area contributed by atoms with Crippen molar-refractivity contribution >= 4 is 22.6 Å². The number of nitrogens with one attached hydrogen (secondary N) is 1. The Labute approximate surface area is 197 Å². The summed E-state index contributed by atoms with van der Waals surface area (Å²) in [6.45, 7) is 1.92. The maximum absolute atomic E-state index is 12.8. The molecule has 5 aromatic rings. The van der Waals surface area contributed by atoms with E-state index in [0.29, 0.717) is 18.6 Å². The first-order valence-electron chi connectivity index (χ1n) is 11.0. The number of nitrogens with zero attached hydrogens (tertiary/aromatic N) is 4. The Balaban J connectivity index is 1.29. The van der Waals surface area contributed by atoms with Crippen LogP contribution in [0.5, 0.6) is 11.8 Å². The predicted octanol–water partition coefficient (Wildman–Crippen LogP) is 5.49. The molecule has 0 unspecified atom stereocenters. The Kier molecular flexibility index (Phi) is 5.99. The zero-order chi connectivity index (χ0) is 23.3. The largest absolute Gasteiger partial charge is 0.424 e. The first-order valence-corrected chi connectivity index (χ1v) is 11.0. The molecule has 0 spiro atoms. The van der Waals surface area contributed by atoms with Gasteiger partial charge in [-0.3, -0.25) is 9.36 Å². The molecule has 168 valence electrons. The molecule has 2 aromatic heterocycles. The minimum absolute atomic E-state index is 0.0742. The van der Waals surface area contributed by atoms with E-state index in [4.69, 9.17) is 9.72 Å². The highest BCUT2D eigenvalue weighted by molar-refractivity contribution is 5.91. The molecule has 0 atom stereocenters. The van der Waals surface area contributed by atoms with Gasteiger partial charge >= 0.3 is 6.01 Å². The van der Waals surface area contributed by atoms with Crippen LogP contribution in [-0.4, -0.2) is 25.4 Å². The molecule has 0 aliphatic heterocycles. The maximum atomic E-state index is 12.8. The number of aromatic nitrogens is 4. The number of para-hydroxylation sites is 3. The molecule has 0 aliphatic carbocycles. The van der Waals surface area contributed by atoms with Gasteiger partial charge in [-0.2, -0.15) is 0 Å². The van der Waals surface area contributed by atoms with Crippen molar-refractivity contribution in [2.45, 2.75) is 19.8 Å². The molecule has 0 fully saturated rings. The average molecular weight is 450 g/mol. The Bertz CT molecular complexity index is 1430. The minimum atomic E-state index is -0.0742. The van der Waals surface area contributed by atoms with E-state index in [-0.39, 0.29) is 11.9 Å². The zero-order valence-corrected chi connectivity index (χ0v) is 18.7. The van der Waals surface area contributed by atoms with E-state index < -0.39 is 0 Å². The van der Waals surface area contributed by atoms with Crippen molar-refractivity contribution in [3.05, 3.63) is 103 Å². The fourth-order valence-corrected chi connectivity index (χ4v) is 3.83. The van der Waals surface area contributed by atoms with E-state index >= 15 is 0 Å². The molecular weight excluding hydrogens is 426 g/mol. The third-order valence-electron chi connectivity index (χ3n) is 5.44. The van der Waals surface area contributed by atoms with Crippen LogP contribution < -0.4 is 10.1 Å².